The Morgan fingerprint density at radius 3 is 1.47 bits per heavy atom. The molecule has 7 nitrogen and oxygen atoms in total. The lowest BCUT2D eigenvalue weighted by molar-refractivity contribution is 0.483. The number of nitrogens with zero attached hydrogens (tertiary/aromatic N) is 5. The second-order valence-electron chi connectivity index (χ2n) is 20.0. The van der Waals surface area contributed by atoms with Crippen molar-refractivity contribution in [3.05, 3.63) is 309 Å². The van der Waals surface area contributed by atoms with Crippen LogP contribution < -0.4 is 19.3 Å². The fourth-order valence-corrected chi connectivity index (χ4v) is 11.6. The highest BCUT2D eigenvalue weighted by atomic mass is 16.5. The number of ether oxygens (including phenoxy) is 2. The van der Waals surface area contributed by atoms with E-state index >= 15 is 0 Å². The molecule has 1 aliphatic heterocycles. The minimum atomic E-state index is -0.637. The van der Waals surface area contributed by atoms with E-state index in [1.54, 1.807) is 36.4 Å². The maximum atomic E-state index is 9.17. The molecule has 0 bridgehead atoms. The van der Waals surface area contributed by atoms with Crippen LogP contribution in [0.5, 0.6) is 23.0 Å². The molecule has 0 spiro atoms. The molecule has 0 fully saturated rings. The van der Waals surface area contributed by atoms with Gasteiger partial charge in [-0.3, -0.25) is 4.57 Å². The molecule has 4 heterocycles. The SMILES string of the molecule is [2H]c1c([2H])c([2H])c(-c2cccc(-c3c([2H])c([2H])c([2H])c([2H])c3[2H])c2Oc2ccnc(-n3c4ccc(-n5c6ccccc6c6ccccc65)cc4c4ccc(Oc5cccc(N6CN(c7c(-c8c([2H])c([2H])c([2H])c([2H])c8[2H])cccc7-c7c([2H])c([2H])c([2H])c([2H])c7[2H])c7ccccc76)c5)cc43)c2)c([2H])c1[2H]. The summed E-state index contributed by atoms with van der Waals surface area (Å²) in [5.41, 5.74) is 5.60. The summed E-state index contributed by atoms with van der Waals surface area (Å²) in [6.45, 7) is -0.00283. The van der Waals surface area contributed by atoms with Gasteiger partial charge in [0.2, 0.25) is 0 Å². The van der Waals surface area contributed by atoms with Crippen molar-refractivity contribution < 1.29 is 36.9 Å². The fourth-order valence-electron chi connectivity index (χ4n) is 11.6. The Morgan fingerprint density at radius 2 is 0.847 bits per heavy atom. The van der Waals surface area contributed by atoms with Crippen LogP contribution in [0.1, 0.15) is 27.4 Å². The van der Waals surface area contributed by atoms with Gasteiger partial charge < -0.3 is 23.8 Å². The number of fused-ring (bicyclic) bond motifs is 7. The lowest BCUT2D eigenvalue weighted by atomic mass is 9.95. The van der Waals surface area contributed by atoms with Gasteiger partial charge in [0.1, 0.15) is 35.5 Å². The second kappa shape index (κ2) is 20.8. The molecule has 0 aliphatic carbocycles. The molecular weight excluding hydrogens is 1040 g/mol. The molecule has 16 rings (SSSR count). The summed E-state index contributed by atoms with van der Waals surface area (Å²) in [6.07, 6.45) is 1.50. The first-order chi connectivity index (χ1) is 50.4. The van der Waals surface area contributed by atoms with Crippen molar-refractivity contribution >= 4 is 66.4 Å². The highest BCUT2D eigenvalue weighted by molar-refractivity contribution is 6.12. The van der Waals surface area contributed by atoms with Gasteiger partial charge in [-0.15, -0.1) is 0 Å². The molecule has 1 aliphatic rings. The number of pyridine rings is 1. The van der Waals surface area contributed by atoms with Gasteiger partial charge >= 0.3 is 0 Å². The number of benzene rings is 12. The number of hydrogen-bond donors (Lipinski definition) is 0. The third kappa shape index (κ3) is 8.73. The lowest BCUT2D eigenvalue weighted by Crippen LogP contribution is -2.24. The topological polar surface area (TPSA) is 47.7 Å². The summed E-state index contributed by atoms with van der Waals surface area (Å²) in [5, 5.41) is 3.71. The van der Waals surface area contributed by atoms with Crippen molar-refractivity contribution in [2.45, 2.75) is 0 Å². The normalized spacial score (nSPS) is 15.4. The third-order valence-corrected chi connectivity index (χ3v) is 15.2. The van der Waals surface area contributed by atoms with Gasteiger partial charge in [-0.05, 0) is 95.1 Å². The monoisotopic (exact) mass is 1110 g/mol. The Hall–Kier alpha value is -11.4. The van der Waals surface area contributed by atoms with Gasteiger partial charge in [0.05, 0.1) is 66.5 Å². The zero-order valence-corrected chi connectivity index (χ0v) is 44.7. The van der Waals surface area contributed by atoms with Crippen LogP contribution in [0, 0.1) is 0 Å². The largest absolute Gasteiger partial charge is 0.457 e. The van der Waals surface area contributed by atoms with Crippen LogP contribution in [-0.2, 0) is 0 Å². The van der Waals surface area contributed by atoms with Crippen molar-refractivity contribution in [2.75, 3.05) is 16.5 Å². The van der Waals surface area contributed by atoms with Crippen LogP contribution in [0.3, 0.4) is 0 Å². The van der Waals surface area contributed by atoms with E-state index in [2.05, 4.69) is 34.9 Å². The number of aromatic nitrogens is 3. The van der Waals surface area contributed by atoms with Gasteiger partial charge in [0, 0.05) is 79.6 Å². The van der Waals surface area contributed by atoms with Crippen molar-refractivity contribution in [1.29, 1.82) is 0 Å². The fraction of sp³-hybridized carbons (Fsp3) is 0.0128. The van der Waals surface area contributed by atoms with E-state index in [1.807, 2.05) is 111 Å². The summed E-state index contributed by atoms with van der Waals surface area (Å²) in [7, 11) is 0. The van der Waals surface area contributed by atoms with E-state index in [1.165, 1.54) is 24.4 Å². The van der Waals surface area contributed by atoms with Crippen molar-refractivity contribution in [2.24, 2.45) is 0 Å². The first-order valence-electron chi connectivity index (χ1n) is 37.1. The Kier molecular flexibility index (Phi) is 8.07. The molecule has 0 saturated carbocycles. The van der Waals surface area contributed by atoms with E-state index in [-0.39, 0.29) is 68.4 Å². The quantitative estimate of drug-likeness (QED) is 0.122. The summed E-state index contributed by atoms with van der Waals surface area (Å²) in [5.74, 6) is 0.998. The van der Waals surface area contributed by atoms with Crippen molar-refractivity contribution in [3.8, 4) is 79.0 Å². The van der Waals surface area contributed by atoms with E-state index in [0.29, 0.717) is 45.4 Å². The minimum absolute atomic E-state index is 0.00283. The first kappa shape index (κ1) is 32.9. The van der Waals surface area contributed by atoms with Gasteiger partial charge in [0.25, 0.3) is 0 Å². The van der Waals surface area contributed by atoms with Crippen LogP contribution in [-0.4, -0.2) is 20.8 Å². The highest BCUT2D eigenvalue weighted by Crippen LogP contribution is 2.51. The third-order valence-electron chi connectivity index (χ3n) is 15.2. The Morgan fingerprint density at radius 1 is 0.341 bits per heavy atom. The lowest BCUT2D eigenvalue weighted by Gasteiger charge is -2.27. The molecular formula is C78H53N5O2. The average molecular weight is 1110 g/mol. The van der Waals surface area contributed by atoms with E-state index in [4.69, 9.17) is 36.4 Å². The molecule has 0 radical (unpaired) electrons. The number of rotatable bonds is 12. The zero-order chi connectivity index (χ0) is 73.6. The molecule has 0 amide bonds. The Balaban J connectivity index is 0.837. The van der Waals surface area contributed by atoms with Crippen LogP contribution in [0.15, 0.2) is 309 Å². The summed E-state index contributed by atoms with van der Waals surface area (Å²) >= 11 is 0. The van der Waals surface area contributed by atoms with Crippen LogP contribution in [0.2, 0.25) is 0 Å². The average Bonchev–Trinajstić information content (AvgIpc) is 1.72. The highest BCUT2D eigenvalue weighted by Gasteiger charge is 2.32. The maximum absolute atomic E-state index is 9.17. The van der Waals surface area contributed by atoms with Crippen LogP contribution >= 0.6 is 0 Å². The van der Waals surface area contributed by atoms with Gasteiger partial charge in [-0.2, -0.15) is 0 Å². The molecule has 15 aromatic rings. The van der Waals surface area contributed by atoms with E-state index < -0.39 is 121 Å². The smallest absolute Gasteiger partial charge is 0.143 e. The maximum Gasteiger partial charge on any atom is 0.143 e. The Labute approximate surface area is 520 Å². The van der Waals surface area contributed by atoms with Crippen LogP contribution in [0.25, 0.3) is 99.6 Å². The van der Waals surface area contributed by atoms with E-state index in [0.717, 1.165) is 38.3 Å². The summed E-state index contributed by atoms with van der Waals surface area (Å²) in [4.78, 5) is 8.75. The molecule has 402 valence electrons. The predicted octanol–water partition coefficient (Wildman–Crippen LogP) is 20.8. The van der Waals surface area contributed by atoms with Gasteiger partial charge in [-0.1, -0.05) is 212 Å². The molecule has 0 atom stereocenters. The minimum Gasteiger partial charge on any atom is -0.457 e. The molecule has 3 aromatic heterocycles. The molecule has 12 aromatic carbocycles. The second-order valence-corrected chi connectivity index (χ2v) is 20.0. The molecule has 0 saturated heterocycles. The number of hydrogen-bond acceptors (Lipinski definition) is 5. The van der Waals surface area contributed by atoms with Crippen LogP contribution in [0.4, 0.5) is 22.7 Å². The van der Waals surface area contributed by atoms with Crippen molar-refractivity contribution in [3.63, 3.8) is 0 Å². The summed E-state index contributed by atoms with van der Waals surface area (Å²) in [6, 6.07) is 43.5. The molecule has 7 heteroatoms. The molecule has 0 N–H and O–H groups in total. The number of anilines is 4. The number of para-hydroxylation sites is 6. The van der Waals surface area contributed by atoms with Gasteiger partial charge in [-0.25, -0.2) is 4.98 Å². The zero-order valence-electron chi connectivity index (χ0n) is 64.7. The standard InChI is InChI=1S/C78H53N5O2/c1-5-22-53(23-6-1)62-34-20-35-63(54-24-7-2-8-25-54)77(62)81-52-80(73-40-17-18-41-74(73)81)57-30-19-31-59(48-57)84-60-43-44-68-69-49-58(82-70-38-15-13-32-66(70)67-33-14-16-39-71(67)82)42-45-72(69)83(75(68)50-60)76-51-61(46-47-79-76)85-78-64(55-26-9-3-10-27-55)36-21-37-65(78)56-28-11-4-12-29-56/h1-51H,52H2/i1D,2D,3D,4D,5D,6D,7D,8D,9D,10D,11D,12D,22D,23D,24D,25D,26D,27D,28D,29D. The summed E-state index contributed by atoms with van der Waals surface area (Å²) < 4.78 is 194. The van der Waals surface area contributed by atoms with Gasteiger partial charge in [0.15, 0.2) is 0 Å². The van der Waals surface area contributed by atoms with E-state index in [9.17, 15) is 5.48 Å². The molecule has 85 heavy (non-hydrogen) atoms. The predicted molar refractivity (Wildman–Crippen MR) is 350 cm³/mol. The Bertz CT molecular complexity index is 5930. The van der Waals surface area contributed by atoms with Crippen molar-refractivity contribution in [1.82, 2.24) is 14.1 Å². The first-order valence-corrected chi connectivity index (χ1v) is 27.1. The molecule has 0 unspecified atom stereocenters.